The van der Waals surface area contributed by atoms with Crippen molar-refractivity contribution in [1.29, 1.82) is 0 Å². The lowest BCUT2D eigenvalue weighted by Gasteiger charge is -2.18. The SMILES string of the molecule is COC(=O)C(C)C(C)NCc1csc(=O)[nH]1. The number of rotatable bonds is 5. The highest BCUT2D eigenvalue weighted by Gasteiger charge is 2.20. The van der Waals surface area contributed by atoms with Gasteiger partial charge >= 0.3 is 10.8 Å². The molecule has 2 N–H and O–H groups in total. The molecule has 0 saturated heterocycles. The van der Waals surface area contributed by atoms with E-state index in [0.717, 1.165) is 17.0 Å². The number of hydrogen-bond donors (Lipinski definition) is 2. The summed E-state index contributed by atoms with van der Waals surface area (Å²) in [5.74, 6) is -0.450. The number of carbonyl (C=O) groups is 1. The molecule has 90 valence electrons. The third kappa shape index (κ3) is 3.46. The van der Waals surface area contributed by atoms with E-state index in [1.54, 1.807) is 12.3 Å². The van der Waals surface area contributed by atoms with Crippen LogP contribution >= 0.6 is 11.3 Å². The Hall–Kier alpha value is -1.14. The first-order valence-electron chi connectivity index (χ1n) is 5.02. The van der Waals surface area contributed by atoms with Crippen LogP contribution in [0.4, 0.5) is 0 Å². The van der Waals surface area contributed by atoms with Crippen LogP contribution in [0.3, 0.4) is 0 Å². The Morgan fingerprint density at radius 1 is 1.62 bits per heavy atom. The fourth-order valence-electron chi connectivity index (χ4n) is 1.24. The number of carbonyl (C=O) groups excluding carboxylic acids is 1. The van der Waals surface area contributed by atoms with E-state index < -0.39 is 0 Å². The molecule has 1 aromatic heterocycles. The first-order valence-corrected chi connectivity index (χ1v) is 5.90. The Morgan fingerprint density at radius 3 is 2.81 bits per heavy atom. The summed E-state index contributed by atoms with van der Waals surface area (Å²) >= 11 is 1.13. The van der Waals surface area contributed by atoms with E-state index in [4.69, 9.17) is 0 Å². The van der Waals surface area contributed by atoms with Gasteiger partial charge in [-0.15, -0.1) is 0 Å². The molecule has 6 heteroatoms. The van der Waals surface area contributed by atoms with Gasteiger partial charge in [-0.05, 0) is 6.92 Å². The third-order valence-electron chi connectivity index (χ3n) is 2.51. The van der Waals surface area contributed by atoms with Crippen molar-refractivity contribution < 1.29 is 9.53 Å². The van der Waals surface area contributed by atoms with E-state index in [1.165, 1.54) is 7.11 Å². The predicted molar refractivity (Wildman–Crippen MR) is 62.4 cm³/mol. The van der Waals surface area contributed by atoms with Gasteiger partial charge in [0.05, 0.1) is 13.0 Å². The van der Waals surface area contributed by atoms with Crippen molar-refractivity contribution >= 4 is 17.3 Å². The highest BCUT2D eigenvalue weighted by molar-refractivity contribution is 7.07. The van der Waals surface area contributed by atoms with E-state index in [9.17, 15) is 9.59 Å². The summed E-state index contributed by atoms with van der Waals surface area (Å²) in [4.78, 5) is 24.8. The van der Waals surface area contributed by atoms with Crippen LogP contribution in [0, 0.1) is 5.92 Å². The molecule has 0 aliphatic rings. The monoisotopic (exact) mass is 244 g/mol. The molecule has 1 rings (SSSR count). The zero-order chi connectivity index (χ0) is 12.1. The summed E-state index contributed by atoms with van der Waals surface area (Å²) in [6.07, 6.45) is 0. The number of thiazole rings is 1. The second-order valence-electron chi connectivity index (χ2n) is 3.65. The molecule has 2 atom stereocenters. The molecule has 0 radical (unpaired) electrons. The molecule has 5 nitrogen and oxygen atoms in total. The Morgan fingerprint density at radius 2 is 2.31 bits per heavy atom. The number of esters is 1. The Bertz CT molecular complexity index is 399. The second kappa shape index (κ2) is 5.81. The van der Waals surface area contributed by atoms with Crippen molar-refractivity contribution in [3.8, 4) is 0 Å². The molecular weight excluding hydrogens is 228 g/mol. The van der Waals surface area contributed by atoms with Crippen LogP contribution in [0.2, 0.25) is 0 Å². The molecule has 1 aromatic rings. The van der Waals surface area contributed by atoms with Gasteiger partial charge in [-0.1, -0.05) is 18.3 Å². The van der Waals surface area contributed by atoms with Crippen LogP contribution < -0.4 is 10.2 Å². The summed E-state index contributed by atoms with van der Waals surface area (Å²) < 4.78 is 4.65. The van der Waals surface area contributed by atoms with Gasteiger partial charge in [0.25, 0.3) is 0 Å². The number of hydrogen-bond acceptors (Lipinski definition) is 5. The van der Waals surface area contributed by atoms with Gasteiger partial charge < -0.3 is 15.0 Å². The minimum atomic E-state index is -0.237. The molecule has 2 unspecified atom stereocenters. The second-order valence-corrected chi connectivity index (χ2v) is 4.50. The molecule has 0 saturated carbocycles. The van der Waals surface area contributed by atoms with E-state index in [0.29, 0.717) is 6.54 Å². The summed E-state index contributed by atoms with van der Waals surface area (Å²) in [5, 5.41) is 4.93. The maximum Gasteiger partial charge on any atom is 0.309 e. The lowest BCUT2D eigenvalue weighted by Crippen LogP contribution is -2.36. The fourth-order valence-corrected chi connectivity index (χ4v) is 1.82. The van der Waals surface area contributed by atoms with Crippen molar-refractivity contribution in [2.24, 2.45) is 5.92 Å². The Balaban J connectivity index is 2.43. The van der Waals surface area contributed by atoms with Crippen molar-refractivity contribution in [3.05, 3.63) is 20.7 Å². The van der Waals surface area contributed by atoms with Crippen molar-refractivity contribution in [2.75, 3.05) is 7.11 Å². The molecular formula is C10H16N2O3S. The van der Waals surface area contributed by atoms with Crippen LogP contribution in [-0.4, -0.2) is 24.1 Å². The minimum Gasteiger partial charge on any atom is -0.469 e. The van der Waals surface area contributed by atoms with E-state index >= 15 is 0 Å². The zero-order valence-electron chi connectivity index (χ0n) is 9.57. The summed E-state index contributed by atoms with van der Waals surface area (Å²) in [6, 6.07) is -0.00384. The first kappa shape index (κ1) is 12.9. The molecule has 0 amide bonds. The fraction of sp³-hybridized carbons (Fsp3) is 0.600. The van der Waals surface area contributed by atoms with Crippen LogP contribution in [-0.2, 0) is 16.1 Å². The topological polar surface area (TPSA) is 71.2 Å². The minimum absolute atomic E-state index is 0.00384. The Labute approximate surface area is 97.8 Å². The quantitative estimate of drug-likeness (QED) is 0.749. The van der Waals surface area contributed by atoms with Gasteiger partial charge in [-0.25, -0.2) is 0 Å². The van der Waals surface area contributed by atoms with Crippen LogP contribution in [0.15, 0.2) is 10.2 Å². The number of methoxy groups -OCH3 is 1. The first-order chi connectivity index (χ1) is 7.54. The smallest absolute Gasteiger partial charge is 0.309 e. The van der Waals surface area contributed by atoms with Crippen LogP contribution in [0.5, 0.6) is 0 Å². The van der Waals surface area contributed by atoms with Gasteiger partial charge in [0.1, 0.15) is 0 Å². The normalized spacial score (nSPS) is 14.4. The van der Waals surface area contributed by atoms with E-state index in [2.05, 4.69) is 15.0 Å². The highest BCUT2D eigenvalue weighted by Crippen LogP contribution is 2.05. The molecule has 0 bridgehead atoms. The molecule has 0 aliphatic carbocycles. The van der Waals surface area contributed by atoms with Crippen molar-refractivity contribution in [1.82, 2.24) is 10.3 Å². The Kier molecular flexibility index (Phi) is 4.70. The van der Waals surface area contributed by atoms with E-state index in [-0.39, 0.29) is 22.8 Å². The number of H-pyrrole nitrogens is 1. The van der Waals surface area contributed by atoms with Crippen molar-refractivity contribution in [3.63, 3.8) is 0 Å². The van der Waals surface area contributed by atoms with Gasteiger partial charge in [0.15, 0.2) is 0 Å². The average molecular weight is 244 g/mol. The lowest BCUT2D eigenvalue weighted by atomic mass is 10.0. The largest absolute Gasteiger partial charge is 0.469 e. The van der Waals surface area contributed by atoms with Gasteiger partial charge in [-0.2, -0.15) is 0 Å². The number of nitrogens with one attached hydrogen (secondary N) is 2. The zero-order valence-corrected chi connectivity index (χ0v) is 10.4. The standard InChI is InChI=1S/C10H16N2O3S/c1-6(9(13)15-3)7(2)11-4-8-5-16-10(14)12-8/h5-7,11H,4H2,1-3H3,(H,12,14). The summed E-state index contributed by atoms with van der Waals surface area (Å²) in [7, 11) is 1.38. The molecule has 0 spiro atoms. The molecule has 0 aliphatic heterocycles. The van der Waals surface area contributed by atoms with Gasteiger partial charge in [-0.3, -0.25) is 9.59 Å². The maximum absolute atomic E-state index is 11.3. The maximum atomic E-state index is 11.3. The molecule has 16 heavy (non-hydrogen) atoms. The highest BCUT2D eigenvalue weighted by atomic mass is 32.1. The summed E-state index contributed by atoms with van der Waals surface area (Å²) in [6.45, 7) is 4.26. The van der Waals surface area contributed by atoms with E-state index in [1.807, 2.05) is 6.92 Å². The van der Waals surface area contributed by atoms with Crippen LogP contribution in [0.25, 0.3) is 0 Å². The number of aromatic nitrogens is 1. The van der Waals surface area contributed by atoms with Gasteiger partial charge in [0, 0.05) is 23.7 Å². The van der Waals surface area contributed by atoms with Crippen molar-refractivity contribution in [2.45, 2.75) is 26.4 Å². The summed E-state index contributed by atoms with van der Waals surface area (Å²) in [5.41, 5.74) is 0.832. The van der Waals surface area contributed by atoms with Gasteiger partial charge in [0.2, 0.25) is 0 Å². The predicted octanol–water partition coefficient (Wildman–Crippen LogP) is 0.724. The molecule has 0 aromatic carbocycles. The van der Waals surface area contributed by atoms with Crippen LogP contribution in [0.1, 0.15) is 19.5 Å². The lowest BCUT2D eigenvalue weighted by molar-refractivity contribution is -0.145. The average Bonchev–Trinajstić information content (AvgIpc) is 2.69. The third-order valence-corrected chi connectivity index (χ3v) is 3.23. The number of aromatic amines is 1. The molecule has 0 fully saturated rings. The number of ether oxygens (including phenoxy) is 1. The molecule has 1 heterocycles.